The lowest BCUT2D eigenvalue weighted by Gasteiger charge is -2.29. The van der Waals surface area contributed by atoms with Crippen LogP contribution in [-0.4, -0.2) is 67.6 Å². The molecule has 0 aromatic heterocycles. The van der Waals surface area contributed by atoms with Crippen molar-refractivity contribution in [1.82, 2.24) is 10.2 Å². The van der Waals surface area contributed by atoms with Gasteiger partial charge in [0.1, 0.15) is 11.3 Å². The van der Waals surface area contributed by atoms with Crippen molar-refractivity contribution >= 4 is 30.9 Å². The lowest BCUT2D eigenvalue weighted by atomic mass is 9.72. The number of hydrogen-bond donors (Lipinski definition) is 2. The van der Waals surface area contributed by atoms with Gasteiger partial charge in [0.25, 0.3) is 0 Å². The summed E-state index contributed by atoms with van der Waals surface area (Å²) >= 11 is 0. The standard InChI is InChI=1S/C19H25BN2O8/c1-4-15(23)21-14-10-12-6-5-7-13(18(12)30-20(14)27)19(26)29-11-28-17(25)9-8-16(24)22(2)3/h5-7,14,27H,4,8-11H2,1-3H3,(H,21,23)/t14-/m0/s1. The van der Waals surface area contributed by atoms with E-state index >= 15 is 0 Å². The smallest absolute Gasteiger partial charge is 0.534 e. The Bertz CT molecular complexity index is 814. The van der Waals surface area contributed by atoms with Crippen molar-refractivity contribution in [3.05, 3.63) is 29.3 Å². The molecule has 2 amide bonds. The third-order valence-electron chi connectivity index (χ3n) is 4.46. The van der Waals surface area contributed by atoms with Gasteiger partial charge in [-0.25, -0.2) is 4.79 Å². The molecule has 1 aliphatic heterocycles. The zero-order valence-electron chi connectivity index (χ0n) is 17.2. The molecule has 0 spiro atoms. The normalized spacial score (nSPS) is 14.8. The molecule has 1 heterocycles. The van der Waals surface area contributed by atoms with Gasteiger partial charge in [-0.1, -0.05) is 19.1 Å². The largest absolute Gasteiger partial charge is 0.547 e. The van der Waals surface area contributed by atoms with E-state index in [4.69, 9.17) is 14.1 Å². The number of benzene rings is 1. The second-order valence-electron chi connectivity index (χ2n) is 6.89. The summed E-state index contributed by atoms with van der Waals surface area (Å²) in [4.78, 5) is 48.4. The van der Waals surface area contributed by atoms with Gasteiger partial charge >= 0.3 is 19.1 Å². The number of hydrogen-bond acceptors (Lipinski definition) is 8. The molecule has 2 rings (SSSR count). The first kappa shape index (κ1) is 23.2. The summed E-state index contributed by atoms with van der Waals surface area (Å²) in [6.07, 6.45) is 0.408. The quantitative estimate of drug-likeness (QED) is 0.343. The zero-order valence-corrected chi connectivity index (χ0v) is 17.2. The van der Waals surface area contributed by atoms with Crippen LogP contribution in [0.4, 0.5) is 0 Å². The zero-order chi connectivity index (χ0) is 22.3. The fourth-order valence-corrected chi connectivity index (χ4v) is 2.75. The lowest BCUT2D eigenvalue weighted by molar-refractivity contribution is -0.153. The number of nitrogens with one attached hydrogen (secondary N) is 1. The maximum Gasteiger partial charge on any atom is 0.547 e. The lowest BCUT2D eigenvalue weighted by Crippen LogP contribution is -2.53. The molecule has 1 atom stereocenters. The van der Waals surface area contributed by atoms with E-state index in [1.165, 1.54) is 11.0 Å². The van der Waals surface area contributed by atoms with Crippen LogP contribution < -0.4 is 9.97 Å². The molecule has 10 nitrogen and oxygen atoms in total. The second kappa shape index (κ2) is 10.6. The number of nitrogens with zero attached hydrogens (tertiary/aromatic N) is 1. The van der Waals surface area contributed by atoms with E-state index in [9.17, 15) is 24.2 Å². The van der Waals surface area contributed by atoms with Gasteiger partial charge in [-0.15, -0.1) is 0 Å². The SMILES string of the molecule is CCC(=O)N[C@H]1Cc2cccc(C(=O)OCOC(=O)CCC(=O)N(C)C)c2OB1O. The number of esters is 2. The molecule has 0 saturated heterocycles. The second-order valence-corrected chi connectivity index (χ2v) is 6.89. The van der Waals surface area contributed by atoms with E-state index in [2.05, 4.69) is 5.32 Å². The molecule has 30 heavy (non-hydrogen) atoms. The average Bonchev–Trinajstić information content (AvgIpc) is 2.71. The molecule has 1 aromatic carbocycles. The molecule has 0 radical (unpaired) electrons. The van der Waals surface area contributed by atoms with Crippen molar-refractivity contribution in [3.8, 4) is 5.75 Å². The summed E-state index contributed by atoms with van der Waals surface area (Å²) < 4.78 is 15.2. The molecule has 1 aromatic rings. The summed E-state index contributed by atoms with van der Waals surface area (Å²) in [5.41, 5.74) is 0.681. The fraction of sp³-hybridized carbons (Fsp3) is 0.474. The first-order valence-corrected chi connectivity index (χ1v) is 9.51. The van der Waals surface area contributed by atoms with Gasteiger partial charge in [0, 0.05) is 26.9 Å². The number of para-hydroxylation sites is 1. The van der Waals surface area contributed by atoms with Gasteiger partial charge in [0.05, 0.1) is 12.4 Å². The van der Waals surface area contributed by atoms with E-state index < -0.39 is 31.8 Å². The topological polar surface area (TPSA) is 131 Å². The molecule has 0 aliphatic carbocycles. The number of carbonyl (C=O) groups excluding carboxylic acids is 4. The molecule has 0 saturated carbocycles. The Labute approximate surface area is 174 Å². The minimum absolute atomic E-state index is 0.00651. The molecule has 11 heteroatoms. The van der Waals surface area contributed by atoms with Crippen LogP contribution in [0.15, 0.2) is 18.2 Å². The van der Waals surface area contributed by atoms with Crippen molar-refractivity contribution < 1.29 is 38.3 Å². The number of amides is 2. The highest BCUT2D eigenvalue weighted by Gasteiger charge is 2.37. The molecule has 2 N–H and O–H groups in total. The van der Waals surface area contributed by atoms with Crippen LogP contribution >= 0.6 is 0 Å². The van der Waals surface area contributed by atoms with Gasteiger partial charge in [-0.05, 0) is 18.1 Å². The van der Waals surface area contributed by atoms with Crippen LogP contribution in [0.2, 0.25) is 0 Å². The van der Waals surface area contributed by atoms with Crippen molar-refractivity contribution in [3.63, 3.8) is 0 Å². The van der Waals surface area contributed by atoms with Crippen LogP contribution in [-0.2, 0) is 30.3 Å². The van der Waals surface area contributed by atoms with E-state index in [1.807, 2.05) is 0 Å². The first-order chi connectivity index (χ1) is 14.2. The minimum Gasteiger partial charge on any atom is -0.534 e. The summed E-state index contributed by atoms with van der Waals surface area (Å²) in [5, 5.41) is 12.8. The third-order valence-corrected chi connectivity index (χ3v) is 4.46. The monoisotopic (exact) mass is 420 g/mol. The average molecular weight is 420 g/mol. The van der Waals surface area contributed by atoms with Crippen molar-refractivity contribution in [2.75, 3.05) is 20.9 Å². The van der Waals surface area contributed by atoms with Gasteiger partial charge in [0.15, 0.2) is 0 Å². The number of fused-ring (bicyclic) bond motifs is 1. The summed E-state index contributed by atoms with van der Waals surface area (Å²) in [6.45, 7) is 1.08. The highest BCUT2D eigenvalue weighted by Crippen LogP contribution is 2.30. The summed E-state index contributed by atoms with van der Waals surface area (Å²) in [6, 6.07) is 4.79. The molecule has 0 unspecified atom stereocenters. The minimum atomic E-state index is -1.32. The third kappa shape index (κ3) is 6.21. The van der Waals surface area contributed by atoms with E-state index in [0.29, 0.717) is 5.56 Å². The Kier molecular flexibility index (Phi) is 8.22. The Morgan fingerprint density at radius 2 is 1.97 bits per heavy atom. The van der Waals surface area contributed by atoms with E-state index in [0.717, 1.165) is 0 Å². The van der Waals surface area contributed by atoms with E-state index in [1.54, 1.807) is 33.2 Å². The number of carbonyl (C=O) groups is 4. The van der Waals surface area contributed by atoms with E-state index in [-0.39, 0.29) is 48.8 Å². The van der Waals surface area contributed by atoms with Gasteiger partial charge in [-0.3, -0.25) is 14.4 Å². The Hall–Kier alpha value is -3.08. The van der Waals surface area contributed by atoms with Crippen LogP contribution in [0.3, 0.4) is 0 Å². The molecule has 1 aliphatic rings. The Morgan fingerprint density at radius 3 is 2.63 bits per heavy atom. The Balaban J connectivity index is 1.92. The molecule has 162 valence electrons. The van der Waals surface area contributed by atoms with Crippen LogP contribution in [0.5, 0.6) is 5.75 Å². The molecular formula is C19H25BN2O8. The fourth-order valence-electron chi connectivity index (χ4n) is 2.75. The molecular weight excluding hydrogens is 395 g/mol. The van der Waals surface area contributed by atoms with Crippen LogP contribution in [0.1, 0.15) is 42.1 Å². The summed E-state index contributed by atoms with van der Waals surface area (Å²) in [7, 11) is 1.83. The highest BCUT2D eigenvalue weighted by atomic mass is 16.7. The van der Waals surface area contributed by atoms with Crippen molar-refractivity contribution in [2.24, 2.45) is 0 Å². The van der Waals surface area contributed by atoms with Gasteiger partial charge < -0.3 is 29.4 Å². The van der Waals surface area contributed by atoms with Crippen LogP contribution in [0, 0.1) is 0 Å². The van der Waals surface area contributed by atoms with Crippen molar-refractivity contribution in [1.29, 1.82) is 0 Å². The number of rotatable bonds is 8. The highest BCUT2D eigenvalue weighted by molar-refractivity contribution is 6.47. The van der Waals surface area contributed by atoms with Gasteiger partial charge in [0.2, 0.25) is 18.6 Å². The predicted molar refractivity (Wildman–Crippen MR) is 105 cm³/mol. The number of ether oxygens (including phenoxy) is 2. The van der Waals surface area contributed by atoms with Gasteiger partial charge in [-0.2, -0.15) is 0 Å². The van der Waals surface area contributed by atoms with Crippen molar-refractivity contribution in [2.45, 2.75) is 38.5 Å². The molecule has 0 bridgehead atoms. The maximum atomic E-state index is 12.4. The Morgan fingerprint density at radius 1 is 1.23 bits per heavy atom. The maximum absolute atomic E-state index is 12.4. The first-order valence-electron chi connectivity index (χ1n) is 9.51. The van der Waals surface area contributed by atoms with Crippen LogP contribution in [0.25, 0.3) is 0 Å². The summed E-state index contributed by atoms with van der Waals surface area (Å²) in [5.74, 6) is -2.40. The predicted octanol–water partition coefficient (Wildman–Crippen LogP) is 0.0619. The molecule has 0 fully saturated rings.